The molecular weight excluding hydrogens is 256 g/mol. The number of aliphatic hydroxyl groups excluding tert-OH is 1. The molecule has 1 amide bonds. The Morgan fingerprint density at radius 1 is 1.30 bits per heavy atom. The normalized spacial score (nSPS) is 20.1. The standard InChI is InChI=1S/C14H20N4O2/c19-10-9-17-5-7-18(8-6-17)14(20)12-3-4-15-13(16-12)11-1-2-11/h3-4,11,19H,1-2,5-10H2. The van der Waals surface area contributed by atoms with Crippen LogP contribution >= 0.6 is 0 Å². The van der Waals surface area contributed by atoms with Gasteiger partial charge in [0.25, 0.3) is 5.91 Å². The summed E-state index contributed by atoms with van der Waals surface area (Å²) in [4.78, 5) is 25.1. The first-order valence-electron chi connectivity index (χ1n) is 7.23. The van der Waals surface area contributed by atoms with E-state index < -0.39 is 0 Å². The first-order chi connectivity index (χ1) is 9.78. The van der Waals surface area contributed by atoms with Crippen LogP contribution in [0.3, 0.4) is 0 Å². The van der Waals surface area contributed by atoms with Crippen LogP contribution in [-0.2, 0) is 0 Å². The van der Waals surface area contributed by atoms with Gasteiger partial charge in [0.2, 0.25) is 0 Å². The van der Waals surface area contributed by atoms with Crippen LogP contribution in [0.4, 0.5) is 0 Å². The molecule has 0 aromatic carbocycles. The average Bonchev–Trinajstić information content (AvgIpc) is 3.33. The van der Waals surface area contributed by atoms with Gasteiger partial charge < -0.3 is 10.0 Å². The zero-order valence-electron chi connectivity index (χ0n) is 11.5. The number of amides is 1. The van der Waals surface area contributed by atoms with Crippen molar-refractivity contribution in [1.82, 2.24) is 19.8 Å². The highest BCUT2D eigenvalue weighted by Crippen LogP contribution is 2.37. The predicted molar refractivity (Wildman–Crippen MR) is 73.4 cm³/mol. The van der Waals surface area contributed by atoms with Crippen LogP contribution in [0.5, 0.6) is 0 Å². The lowest BCUT2D eigenvalue weighted by Gasteiger charge is -2.34. The van der Waals surface area contributed by atoms with Crippen molar-refractivity contribution in [3.05, 3.63) is 23.8 Å². The Labute approximate surface area is 118 Å². The largest absolute Gasteiger partial charge is 0.395 e. The van der Waals surface area contributed by atoms with E-state index >= 15 is 0 Å². The molecule has 108 valence electrons. The van der Waals surface area contributed by atoms with Crippen LogP contribution in [0, 0.1) is 0 Å². The third kappa shape index (κ3) is 2.96. The summed E-state index contributed by atoms with van der Waals surface area (Å²) < 4.78 is 0. The number of carbonyl (C=O) groups excluding carboxylic acids is 1. The number of rotatable bonds is 4. The Hall–Kier alpha value is -1.53. The summed E-state index contributed by atoms with van der Waals surface area (Å²) in [7, 11) is 0. The van der Waals surface area contributed by atoms with Gasteiger partial charge in [-0.25, -0.2) is 9.97 Å². The molecule has 2 aliphatic rings. The van der Waals surface area contributed by atoms with E-state index in [9.17, 15) is 4.79 Å². The summed E-state index contributed by atoms with van der Waals surface area (Å²) in [5, 5.41) is 8.92. The van der Waals surface area contributed by atoms with Crippen molar-refractivity contribution in [2.45, 2.75) is 18.8 Å². The molecule has 1 aromatic heterocycles. The van der Waals surface area contributed by atoms with Crippen LogP contribution in [0.2, 0.25) is 0 Å². The van der Waals surface area contributed by atoms with Gasteiger partial charge in [-0.2, -0.15) is 0 Å². The molecule has 1 aromatic rings. The number of piperazine rings is 1. The van der Waals surface area contributed by atoms with Gasteiger partial charge >= 0.3 is 0 Å². The lowest BCUT2D eigenvalue weighted by molar-refractivity contribution is 0.0609. The fourth-order valence-electron chi connectivity index (χ4n) is 2.51. The number of aromatic nitrogens is 2. The van der Waals surface area contributed by atoms with Crippen molar-refractivity contribution >= 4 is 5.91 Å². The predicted octanol–water partition coefficient (Wildman–Crippen LogP) is 0.104. The fraction of sp³-hybridized carbons (Fsp3) is 0.643. The zero-order chi connectivity index (χ0) is 13.9. The maximum atomic E-state index is 12.4. The molecule has 6 heteroatoms. The summed E-state index contributed by atoms with van der Waals surface area (Å²) >= 11 is 0. The van der Waals surface area contributed by atoms with Crippen LogP contribution in [-0.4, -0.2) is 70.1 Å². The van der Waals surface area contributed by atoms with E-state index in [4.69, 9.17) is 5.11 Å². The molecule has 1 aliphatic heterocycles. The third-order valence-corrected chi connectivity index (χ3v) is 3.91. The van der Waals surface area contributed by atoms with E-state index in [0.29, 0.717) is 31.2 Å². The first kappa shape index (κ1) is 13.5. The van der Waals surface area contributed by atoms with Gasteiger partial charge in [0.05, 0.1) is 6.61 Å². The molecule has 1 N–H and O–H groups in total. The maximum Gasteiger partial charge on any atom is 0.272 e. The van der Waals surface area contributed by atoms with Gasteiger partial charge in [0.15, 0.2) is 0 Å². The molecule has 0 bridgehead atoms. The molecule has 2 heterocycles. The molecule has 1 saturated carbocycles. The second kappa shape index (κ2) is 5.85. The number of aliphatic hydroxyl groups is 1. The van der Waals surface area contributed by atoms with Gasteiger partial charge in [-0.1, -0.05) is 0 Å². The van der Waals surface area contributed by atoms with Crippen molar-refractivity contribution in [3.8, 4) is 0 Å². The zero-order valence-corrected chi connectivity index (χ0v) is 11.5. The topological polar surface area (TPSA) is 69.6 Å². The highest BCUT2D eigenvalue weighted by atomic mass is 16.3. The van der Waals surface area contributed by atoms with Crippen molar-refractivity contribution in [3.63, 3.8) is 0 Å². The highest BCUT2D eigenvalue weighted by molar-refractivity contribution is 5.92. The number of hydrogen-bond acceptors (Lipinski definition) is 5. The summed E-state index contributed by atoms with van der Waals surface area (Å²) in [5.41, 5.74) is 0.512. The van der Waals surface area contributed by atoms with Crippen molar-refractivity contribution in [2.75, 3.05) is 39.3 Å². The Bertz CT molecular complexity index is 482. The molecule has 20 heavy (non-hydrogen) atoms. The third-order valence-electron chi connectivity index (χ3n) is 3.91. The van der Waals surface area contributed by atoms with E-state index in [0.717, 1.165) is 31.8 Å². The molecule has 0 spiro atoms. The first-order valence-corrected chi connectivity index (χ1v) is 7.23. The summed E-state index contributed by atoms with van der Waals surface area (Å²) in [6, 6.07) is 1.70. The summed E-state index contributed by atoms with van der Waals surface area (Å²) in [6.45, 7) is 3.87. The molecule has 0 unspecified atom stereocenters. The average molecular weight is 276 g/mol. The SMILES string of the molecule is O=C(c1ccnc(C2CC2)n1)N1CCN(CCO)CC1. The maximum absolute atomic E-state index is 12.4. The highest BCUT2D eigenvalue weighted by Gasteiger charge is 2.28. The van der Waals surface area contributed by atoms with E-state index in [1.54, 1.807) is 12.3 Å². The Kier molecular flexibility index (Phi) is 3.93. The molecule has 3 rings (SSSR count). The Morgan fingerprint density at radius 2 is 2.05 bits per heavy atom. The molecule has 0 atom stereocenters. The van der Waals surface area contributed by atoms with Gasteiger partial charge in [-0.3, -0.25) is 9.69 Å². The molecule has 6 nitrogen and oxygen atoms in total. The van der Waals surface area contributed by atoms with Crippen LogP contribution < -0.4 is 0 Å². The quantitative estimate of drug-likeness (QED) is 0.845. The minimum atomic E-state index is -0.00190. The van der Waals surface area contributed by atoms with Crippen molar-refractivity contribution in [1.29, 1.82) is 0 Å². The van der Waals surface area contributed by atoms with Gasteiger partial charge in [0, 0.05) is 44.8 Å². The van der Waals surface area contributed by atoms with Gasteiger partial charge in [-0.05, 0) is 18.9 Å². The van der Waals surface area contributed by atoms with Crippen LogP contribution in [0.1, 0.15) is 35.1 Å². The van der Waals surface area contributed by atoms with Gasteiger partial charge in [0.1, 0.15) is 11.5 Å². The number of hydrogen-bond donors (Lipinski definition) is 1. The van der Waals surface area contributed by atoms with Crippen LogP contribution in [0.25, 0.3) is 0 Å². The number of carbonyl (C=O) groups is 1. The number of β-amino-alcohol motifs (C(OH)–C–C–N with tert-alkyl or cyclic N) is 1. The second-order valence-corrected chi connectivity index (χ2v) is 5.43. The van der Waals surface area contributed by atoms with E-state index in [1.165, 1.54) is 0 Å². The van der Waals surface area contributed by atoms with Gasteiger partial charge in [-0.15, -0.1) is 0 Å². The molecule has 2 fully saturated rings. The van der Waals surface area contributed by atoms with Crippen LogP contribution in [0.15, 0.2) is 12.3 Å². The summed E-state index contributed by atoms with van der Waals surface area (Å²) in [6.07, 6.45) is 3.96. The molecular formula is C14H20N4O2. The summed E-state index contributed by atoms with van der Waals surface area (Å²) in [5.74, 6) is 1.27. The minimum absolute atomic E-state index is 0.00190. The lowest BCUT2D eigenvalue weighted by Crippen LogP contribution is -2.49. The van der Waals surface area contributed by atoms with E-state index in [-0.39, 0.29) is 12.5 Å². The fourth-order valence-corrected chi connectivity index (χ4v) is 2.51. The molecule has 1 aliphatic carbocycles. The lowest BCUT2D eigenvalue weighted by atomic mass is 10.2. The smallest absolute Gasteiger partial charge is 0.272 e. The molecule has 1 saturated heterocycles. The van der Waals surface area contributed by atoms with E-state index in [2.05, 4.69) is 14.9 Å². The second-order valence-electron chi connectivity index (χ2n) is 5.43. The van der Waals surface area contributed by atoms with Crippen molar-refractivity contribution in [2.24, 2.45) is 0 Å². The number of nitrogens with zero attached hydrogens (tertiary/aromatic N) is 4. The van der Waals surface area contributed by atoms with E-state index in [1.807, 2.05) is 4.90 Å². The Morgan fingerprint density at radius 3 is 2.70 bits per heavy atom. The monoisotopic (exact) mass is 276 g/mol. The van der Waals surface area contributed by atoms with Crippen molar-refractivity contribution < 1.29 is 9.90 Å². The minimum Gasteiger partial charge on any atom is -0.395 e. The molecule has 0 radical (unpaired) electrons. The Balaban J connectivity index is 1.62.